The topological polar surface area (TPSA) is 46.9 Å². The molecule has 18 heavy (non-hydrogen) atoms. The number of aromatic nitrogens is 2. The fourth-order valence-electron chi connectivity index (χ4n) is 2.22. The Morgan fingerprint density at radius 1 is 1.61 bits per heavy atom. The summed E-state index contributed by atoms with van der Waals surface area (Å²) in [5.74, 6) is 0.421. The summed E-state index contributed by atoms with van der Waals surface area (Å²) in [7, 11) is 0. The molecule has 1 heterocycles. The van der Waals surface area contributed by atoms with Crippen molar-refractivity contribution in [2.45, 2.75) is 32.5 Å². The van der Waals surface area contributed by atoms with E-state index in [0.717, 1.165) is 17.5 Å². The average Bonchev–Trinajstić information content (AvgIpc) is 2.98. The quantitative estimate of drug-likeness (QED) is 0.903. The van der Waals surface area contributed by atoms with Gasteiger partial charge in [-0.1, -0.05) is 0 Å². The van der Waals surface area contributed by atoms with Gasteiger partial charge in [-0.15, -0.1) is 0 Å². The van der Waals surface area contributed by atoms with Crippen LogP contribution in [0.1, 0.15) is 18.5 Å². The molecule has 1 N–H and O–H groups in total. The van der Waals surface area contributed by atoms with Crippen LogP contribution in [0.25, 0.3) is 0 Å². The zero-order chi connectivity index (χ0) is 13.1. The summed E-state index contributed by atoms with van der Waals surface area (Å²) in [6, 6.07) is 0. The molecule has 0 radical (unpaired) electrons. The van der Waals surface area contributed by atoms with E-state index in [1.54, 1.807) is 6.92 Å². The van der Waals surface area contributed by atoms with Crippen molar-refractivity contribution in [3.05, 3.63) is 11.9 Å². The number of fused-ring (bicyclic) bond motifs is 1. The first-order valence-electron chi connectivity index (χ1n) is 5.72. The number of rotatable bonds is 3. The van der Waals surface area contributed by atoms with Crippen LogP contribution >= 0.6 is 0 Å². The Balaban J connectivity index is 1.70. The van der Waals surface area contributed by atoms with Gasteiger partial charge in [0.05, 0.1) is 16.8 Å². The SMILES string of the molecule is Cc1nn(CC(F)(F)F)cc1NC(=O)C12CC1C2. The molecule has 2 saturated carbocycles. The summed E-state index contributed by atoms with van der Waals surface area (Å²) < 4.78 is 37.4. The molecule has 0 aromatic carbocycles. The molecule has 1 aromatic rings. The fourth-order valence-corrected chi connectivity index (χ4v) is 2.22. The van der Waals surface area contributed by atoms with Crippen molar-refractivity contribution in [1.82, 2.24) is 9.78 Å². The van der Waals surface area contributed by atoms with E-state index in [0.29, 0.717) is 17.3 Å². The molecule has 4 nitrogen and oxygen atoms in total. The third kappa shape index (κ3) is 1.87. The van der Waals surface area contributed by atoms with Crippen LogP contribution in [0.5, 0.6) is 0 Å². The molecule has 1 amide bonds. The van der Waals surface area contributed by atoms with Crippen molar-refractivity contribution < 1.29 is 18.0 Å². The summed E-state index contributed by atoms with van der Waals surface area (Å²) in [5, 5.41) is 6.42. The molecule has 0 aliphatic heterocycles. The Hall–Kier alpha value is -1.53. The Labute approximate surface area is 101 Å². The van der Waals surface area contributed by atoms with Gasteiger partial charge in [-0.3, -0.25) is 9.48 Å². The molecule has 3 rings (SSSR count). The summed E-state index contributed by atoms with van der Waals surface area (Å²) in [5.41, 5.74) is 0.580. The molecule has 2 aliphatic carbocycles. The van der Waals surface area contributed by atoms with Gasteiger partial charge in [0.2, 0.25) is 5.91 Å². The number of nitrogens with zero attached hydrogens (tertiary/aromatic N) is 2. The predicted octanol–water partition coefficient (Wildman–Crippen LogP) is 2.10. The highest BCUT2D eigenvalue weighted by Gasteiger charge is 2.74. The van der Waals surface area contributed by atoms with Crippen molar-refractivity contribution in [2.75, 3.05) is 5.32 Å². The van der Waals surface area contributed by atoms with Crippen molar-refractivity contribution in [1.29, 1.82) is 0 Å². The maximum Gasteiger partial charge on any atom is 0.408 e. The molecule has 98 valence electrons. The maximum atomic E-state index is 12.2. The Morgan fingerprint density at radius 3 is 2.72 bits per heavy atom. The van der Waals surface area contributed by atoms with Gasteiger partial charge in [0, 0.05) is 6.20 Å². The Morgan fingerprint density at radius 2 is 2.22 bits per heavy atom. The van der Waals surface area contributed by atoms with E-state index < -0.39 is 12.7 Å². The number of amides is 1. The van der Waals surface area contributed by atoms with Gasteiger partial charge in [-0.2, -0.15) is 18.3 Å². The average molecular weight is 259 g/mol. The second kappa shape index (κ2) is 3.27. The van der Waals surface area contributed by atoms with Crippen LogP contribution < -0.4 is 5.32 Å². The first kappa shape index (κ1) is 11.6. The van der Waals surface area contributed by atoms with Crippen LogP contribution in [0.3, 0.4) is 0 Å². The number of hydrogen-bond donors (Lipinski definition) is 1. The summed E-state index contributed by atoms with van der Waals surface area (Å²) in [4.78, 5) is 11.8. The van der Waals surface area contributed by atoms with Crippen LogP contribution in [0.2, 0.25) is 0 Å². The summed E-state index contributed by atoms with van der Waals surface area (Å²) in [6.45, 7) is 0.439. The summed E-state index contributed by atoms with van der Waals surface area (Å²) in [6.07, 6.45) is -1.25. The monoisotopic (exact) mass is 259 g/mol. The van der Waals surface area contributed by atoms with E-state index in [1.807, 2.05) is 0 Å². The van der Waals surface area contributed by atoms with Crippen molar-refractivity contribution in [3.8, 4) is 0 Å². The minimum absolute atomic E-state index is 0.0813. The predicted molar refractivity (Wildman–Crippen MR) is 56.8 cm³/mol. The molecule has 1 aromatic heterocycles. The standard InChI is InChI=1S/C11H12F3N3O/c1-6-8(4-17(16-6)5-11(12,13)14)15-9(18)10-2-7(10)3-10/h4,7H,2-3,5H2,1H3,(H,15,18). The second-order valence-corrected chi connectivity index (χ2v) is 5.16. The zero-order valence-corrected chi connectivity index (χ0v) is 9.71. The minimum Gasteiger partial charge on any atom is -0.323 e. The van der Waals surface area contributed by atoms with Gasteiger partial charge in [0.25, 0.3) is 0 Å². The molecule has 0 bridgehead atoms. The van der Waals surface area contributed by atoms with Crippen molar-refractivity contribution >= 4 is 11.6 Å². The lowest BCUT2D eigenvalue weighted by atomic mass is 10.2. The largest absolute Gasteiger partial charge is 0.408 e. The smallest absolute Gasteiger partial charge is 0.323 e. The number of aryl methyl sites for hydroxylation is 1. The number of anilines is 1. The van der Waals surface area contributed by atoms with E-state index in [2.05, 4.69) is 10.4 Å². The van der Waals surface area contributed by atoms with Crippen LogP contribution in [0.4, 0.5) is 18.9 Å². The van der Waals surface area contributed by atoms with Crippen LogP contribution in [-0.4, -0.2) is 21.9 Å². The number of alkyl halides is 3. The molecule has 0 unspecified atom stereocenters. The minimum atomic E-state index is -4.31. The number of carbonyl (C=O) groups excluding carboxylic acids is 1. The molecule has 0 atom stereocenters. The molecule has 2 fully saturated rings. The van der Waals surface area contributed by atoms with Gasteiger partial charge in [0.15, 0.2) is 0 Å². The van der Waals surface area contributed by atoms with E-state index in [-0.39, 0.29) is 11.3 Å². The van der Waals surface area contributed by atoms with Crippen LogP contribution in [0, 0.1) is 18.3 Å². The zero-order valence-electron chi connectivity index (χ0n) is 9.71. The van der Waals surface area contributed by atoms with Gasteiger partial charge in [-0.05, 0) is 25.7 Å². The van der Waals surface area contributed by atoms with E-state index in [9.17, 15) is 18.0 Å². The molecular weight excluding hydrogens is 247 g/mol. The molecular formula is C11H12F3N3O. The number of halogens is 3. The molecule has 0 spiro atoms. The van der Waals surface area contributed by atoms with Crippen molar-refractivity contribution in [2.24, 2.45) is 11.3 Å². The fraction of sp³-hybridized carbons (Fsp3) is 0.636. The molecule has 7 heteroatoms. The number of carbonyl (C=O) groups is 1. The molecule has 0 saturated heterocycles. The third-order valence-corrected chi connectivity index (χ3v) is 3.67. The lowest BCUT2D eigenvalue weighted by Crippen LogP contribution is -2.19. The van der Waals surface area contributed by atoms with E-state index in [1.165, 1.54) is 6.20 Å². The first-order chi connectivity index (χ1) is 8.30. The third-order valence-electron chi connectivity index (χ3n) is 3.67. The van der Waals surface area contributed by atoms with Crippen LogP contribution in [-0.2, 0) is 11.3 Å². The van der Waals surface area contributed by atoms with E-state index >= 15 is 0 Å². The highest BCUT2D eigenvalue weighted by molar-refractivity contribution is 6.00. The van der Waals surface area contributed by atoms with Gasteiger partial charge < -0.3 is 5.32 Å². The van der Waals surface area contributed by atoms with Gasteiger partial charge in [-0.25, -0.2) is 0 Å². The highest BCUT2D eigenvalue weighted by Crippen LogP contribution is 2.75. The first-order valence-corrected chi connectivity index (χ1v) is 5.72. The van der Waals surface area contributed by atoms with Gasteiger partial charge >= 0.3 is 6.18 Å². The lowest BCUT2D eigenvalue weighted by molar-refractivity contribution is -0.142. The highest BCUT2D eigenvalue weighted by atomic mass is 19.4. The van der Waals surface area contributed by atoms with Gasteiger partial charge in [0.1, 0.15) is 6.54 Å². The Kier molecular flexibility index (Phi) is 2.10. The van der Waals surface area contributed by atoms with Crippen molar-refractivity contribution in [3.63, 3.8) is 0 Å². The number of nitrogens with one attached hydrogen (secondary N) is 1. The maximum absolute atomic E-state index is 12.2. The second-order valence-electron chi connectivity index (χ2n) is 5.16. The lowest BCUT2D eigenvalue weighted by Gasteiger charge is -2.06. The summed E-state index contributed by atoms with van der Waals surface area (Å²) >= 11 is 0. The van der Waals surface area contributed by atoms with E-state index in [4.69, 9.17) is 0 Å². The number of hydrogen-bond acceptors (Lipinski definition) is 2. The normalized spacial score (nSPS) is 28.8. The van der Waals surface area contributed by atoms with Crippen LogP contribution in [0.15, 0.2) is 6.20 Å². The Bertz CT molecular complexity index is 514. The molecule has 2 aliphatic rings.